The second-order valence-electron chi connectivity index (χ2n) is 3.98. The number of rotatable bonds is 6. The van der Waals surface area contributed by atoms with E-state index in [0.717, 1.165) is 11.4 Å². The van der Waals surface area contributed by atoms with Gasteiger partial charge in [-0.1, -0.05) is 5.21 Å². The van der Waals surface area contributed by atoms with Crippen molar-refractivity contribution in [2.75, 3.05) is 11.9 Å². The zero-order chi connectivity index (χ0) is 13.7. The summed E-state index contributed by atoms with van der Waals surface area (Å²) in [5, 5.41) is 10.9. The SMILES string of the molecule is Cn1nncc1CNc1ccc(OCC(N)=O)cc1. The van der Waals surface area contributed by atoms with Crippen molar-refractivity contribution < 1.29 is 9.53 Å². The van der Waals surface area contributed by atoms with Crippen LogP contribution in [0.3, 0.4) is 0 Å². The summed E-state index contributed by atoms with van der Waals surface area (Å²) in [5.41, 5.74) is 6.91. The molecule has 0 saturated carbocycles. The van der Waals surface area contributed by atoms with Crippen molar-refractivity contribution in [3.63, 3.8) is 0 Å². The number of nitrogens with one attached hydrogen (secondary N) is 1. The molecule has 0 fully saturated rings. The molecular formula is C12H15N5O2. The molecule has 0 radical (unpaired) electrons. The minimum atomic E-state index is -0.495. The molecule has 2 aromatic rings. The van der Waals surface area contributed by atoms with Gasteiger partial charge in [-0.25, -0.2) is 0 Å². The number of carbonyl (C=O) groups excluding carboxylic acids is 1. The van der Waals surface area contributed by atoms with Crippen LogP contribution in [0.5, 0.6) is 5.75 Å². The topological polar surface area (TPSA) is 95.1 Å². The van der Waals surface area contributed by atoms with Crippen LogP contribution >= 0.6 is 0 Å². The maximum atomic E-state index is 10.6. The molecule has 7 nitrogen and oxygen atoms in total. The van der Waals surface area contributed by atoms with Gasteiger partial charge in [-0.15, -0.1) is 5.10 Å². The van der Waals surface area contributed by atoms with E-state index in [0.29, 0.717) is 12.3 Å². The fourth-order valence-electron chi connectivity index (χ4n) is 1.49. The van der Waals surface area contributed by atoms with E-state index in [9.17, 15) is 4.79 Å². The Hall–Kier alpha value is -2.57. The Morgan fingerprint density at radius 3 is 2.74 bits per heavy atom. The normalized spacial score (nSPS) is 10.2. The molecule has 1 heterocycles. The van der Waals surface area contributed by atoms with E-state index in [1.165, 1.54) is 0 Å². The van der Waals surface area contributed by atoms with Crippen molar-refractivity contribution in [1.82, 2.24) is 15.0 Å². The highest BCUT2D eigenvalue weighted by Gasteiger charge is 2.01. The van der Waals surface area contributed by atoms with Crippen molar-refractivity contribution in [3.05, 3.63) is 36.2 Å². The molecule has 1 amide bonds. The Balaban J connectivity index is 1.88. The molecule has 100 valence electrons. The molecule has 0 aliphatic rings. The van der Waals surface area contributed by atoms with Crippen LogP contribution in [0.2, 0.25) is 0 Å². The van der Waals surface area contributed by atoms with Gasteiger partial charge in [-0.05, 0) is 24.3 Å². The molecule has 19 heavy (non-hydrogen) atoms. The van der Waals surface area contributed by atoms with Gasteiger partial charge in [0.1, 0.15) is 5.75 Å². The lowest BCUT2D eigenvalue weighted by Gasteiger charge is -2.08. The van der Waals surface area contributed by atoms with E-state index in [4.69, 9.17) is 10.5 Å². The number of anilines is 1. The Morgan fingerprint density at radius 2 is 2.16 bits per heavy atom. The minimum absolute atomic E-state index is 0.118. The molecular weight excluding hydrogens is 246 g/mol. The first kappa shape index (κ1) is 12.9. The number of benzene rings is 1. The lowest BCUT2D eigenvalue weighted by atomic mass is 10.3. The van der Waals surface area contributed by atoms with Crippen LogP contribution in [0.25, 0.3) is 0 Å². The summed E-state index contributed by atoms with van der Waals surface area (Å²) in [4.78, 5) is 10.6. The Bertz CT molecular complexity index is 550. The summed E-state index contributed by atoms with van der Waals surface area (Å²) in [6.07, 6.45) is 1.71. The highest BCUT2D eigenvalue weighted by Crippen LogP contribution is 2.16. The van der Waals surface area contributed by atoms with Gasteiger partial charge in [0, 0.05) is 12.7 Å². The molecule has 2 rings (SSSR count). The van der Waals surface area contributed by atoms with E-state index in [-0.39, 0.29) is 6.61 Å². The first-order valence-electron chi connectivity index (χ1n) is 5.74. The standard InChI is InChI=1S/C12H15N5O2/c1-17-10(7-15-16-17)6-14-9-2-4-11(5-3-9)19-8-12(13)18/h2-5,7,14H,6,8H2,1H3,(H2,13,18). The quantitative estimate of drug-likeness (QED) is 0.779. The van der Waals surface area contributed by atoms with Crippen LogP contribution in [0.1, 0.15) is 5.69 Å². The van der Waals surface area contributed by atoms with Gasteiger partial charge in [0.25, 0.3) is 5.91 Å². The molecule has 1 aromatic heterocycles. The van der Waals surface area contributed by atoms with Crippen LogP contribution in [-0.4, -0.2) is 27.5 Å². The predicted octanol–water partition coefficient (Wildman–Crippen LogP) is 0.291. The van der Waals surface area contributed by atoms with Gasteiger partial charge in [-0.3, -0.25) is 9.48 Å². The molecule has 1 aromatic carbocycles. The van der Waals surface area contributed by atoms with Gasteiger partial charge >= 0.3 is 0 Å². The second-order valence-corrected chi connectivity index (χ2v) is 3.98. The number of amides is 1. The average molecular weight is 261 g/mol. The maximum Gasteiger partial charge on any atom is 0.255 e. The Morgan fingerprint density at radius 1 is 1.42 bits per heavy atom. The molecule has 0 saturated heterocycles. The number of aryl methyl sites for hydroxylation is 1. The number of hydrogen-bond donors (Lipinski definition) is 2. The van der Waals surface area contributed by atoms with E-state index < -0.39 is 5.91 Å². The molecule has 7 heteroatoms. The smallest absolute Gasteiger partial charge is 0.255 e. The van der Waals surface area contributed by atoms with Gasteiger partial charge in [0.2, 0.25) is 0 Å². The van der Waals surface area contributed by atoms with Crippen molar-refractivity contribution in [2.24, 2.45) is 12.8 Å². The van der Waals surface area contributed by atoms with Crippen LogP contribution < -0.4 is 15.8 Å². The van der Waals surface area contributed by atoms with Gasteiger partial charge in [0.15, 0.2) is 6.61 Å². The van der Waals surface area contributed by atoms with Crippen molar-refractivity contribution >= 4 is 11.6 Å². The summed E-state index contributed by atoms with van der Waals surface area (Å²) in [5.74, 6) is 0.109. The Labute approximate surface area is 110 Å². The zero-order valence-corrected chi connectivity index (χ0v) is 10.5. The van der Waals surface area contributed by atoms with Gasteiger partial charge in [-0.2, -0.15) is 0 Å². The van der Waals surface area contributed by atoms with Crippen LogP contribution in [-0.2, 0) is 18.4 Å². The van der Waals surface area contributed by atoms with Crippen LogP contribution in [0, 0.1) is 0 Å². The lowest BCUT2D eigenvalue weighted by molar-refractivity contribution is -0.119. The molecule has 0 bridgehead atoms. The third-order valence-electron chi connectivity index (χ3n) is 2.52. The maximum absolute atomic E-state index is 10.6. The predicted molar refractivity (Wildman–Crippen MR) is 69.5 cm³/mol. The van der Waals surface area contributed by atoms with E-state index >= 15 is 0 Å². The molecule has 0 spiro atoms. The third-order valence-corrected chi connectivity index (χ3v) is 2.52. The lowest BCUT2D eigenvalue weighted by Crippen LogP contribution is -2.19. The third kappa shape index (κ3) is 3.70. The minimum Gasteiger partial charge on any atom is -0.484 e. The first-order chi connectivity index (χ1) is 9.15. The van der Waals surface area contributed by atoms with Crippen molar-refractivity contribution in [2.45, 2.75) is 6.54 Å². The van der Waals surface area contributed by atoms with Crippen LogP contribution in [0.15, 0.2) is 30.5 Å². The molecule has 3 N–H and O–H groups in total. The molecule has 0 unspecified atom stereocenters. The van der Waals surface area contributed by atoms with E-state index in [2.05, 4.69) is 15.6 Å². The molecule has 0 aliphatic carbocycles. The largest absolute Gasteiger partial charge is 0.484 e. The summed E-state index contributed by atoms with van der Waals surface area (Å²) in [6.45, 7) is 0.512. The monoisotopic (exact) mass is 261 g/mol. The van der Waals surface area contributed by atoms with Gasteiger partial charge in [0.05, 0.1) is 18.4 Å². The number of carbonyl (C=O) groups is 1. The first-order valence-corrected chi connectivity index (χ1v) is 5.74. The molecule has 0 aliphatic heterocycles. The number of aromatic nitrogens is 3. The number of hydrogen-bond acceptors (Lipinski definition) is 5. The zero-order valence-electron chi connectivity index (χ0n) is 10.5. The second kappa shape index (κ2) is 5.85. The summed E-state index contributed by atoms with van der Waals surface area (Å²) in [6, 6.07) is 7.26. The van der Waals surface area contributed by atoms with E-state index in [1.807, 2.05) is 19.2 Å². The average Bonchev–Trinajstić information content (AvgIpc) is 2.81. The van der Waals surface area contributed by atoms with Crippen LogP contribution in [0.4, 0.5) is 5.69 Å². The summed E-state index contributed by atoms with van der Waals surface area (Å²) < 4.78 is 6.87. The molecule has 0 atom stereocenters. The van der Waals surface area contributed by atoms with Crippen molar-refractivity contribution in [3.8, 4) is 5.75 Å². The highest BCUT2D eigenvalue weighted by molar-refractivity contribution is 5.75. The number of primary amides is 1. The number of ether oxygens (including phenoxy) is 1. The summed E-state index contributed by atoms with van der Waals surface area (Å²) in [7, 11) is 1.84. The number of nitrogens with zero attached hydrogens (tertiary/aromatic N) is 3. The fraction of sp³-hybridized carbons (Fsp3) is 0.250. The van der Waals surface area contributed by atoms with E-state index in [1.54, 1.807) is 23.0 Å². The summed E-state index contributed by atoms with van der Waals surface area (Å²) >= 11 is 0. The highest BCUT2D eigenvalue weighted by atomic mass is 16.5. The van der Waals surface area contributed by atoms with Crippen molar-refractivity contribution in [1.29, 1.82) is 0 Å². The Kier molecular flexibility index (Phi) is 3.97. The van der Waals surface area contributed by atoms with Gasteiger partial charge < -0.3 is 15.8 Å². The number of nitrogens with two attached hydrogens (primary N) is 1. The fourth-order valence-corrected chi connectivity index (χ4v) is 1.49.